The van der Waals surface area contributed by atoms with E-state index in [9.17, 15) is 23.2 Å². The van der Waals surface area contributed by atoms with Gasteiger partial charge in [-0.2, -0.15) is 0 Å². The third-order valence-corrected chi connectivity index (χ3v) is 8.43. The first kappa shape index (κ1) is 27.9. The predicted molar refractivity (Wildman–Crippen MR) is 146 cm³/mol. The Morgan fingerprint density at radius 3 is 2.44 bits per heavy atom. The van der Waals surface area contributed by atoms with Gasteiger partial charge in [0.05, 0.1) is 15.8 Å². The number of amides is 3. The molecule has 12 heteroatoms. The van der Waals surface area contributed by atoms with Gasteiger partial charge in [0.15, 0.2) is 0 Å². The summed E-state index contributed by atoms with van der Waals surface area (Å²) in [5, 5.41) is 5.56. The van der Waals surface area contributed by atoms with Crippen LogP contribution in [0, 0.1) is 11.8 Å². The fourth-order valence-electron chi connectivity index (χ4n) is 4.71. The van der Waals surface area contributed by atoms with Gasteiger partial charge < -0.3 is 20.3 Å². The second kappa shape index (κ2) is 12.3. The SMILES string of the molecule is O=C(NC[C@@H](C(=O)Nc1ccc(N2CCOCC2=O)cc1C(F)F)N(CC1CC1)CC1CC1)c1ccc(Cl)s1. The van der Waals surface area contributed by atoms with Crippen LogP contribution >= 0.6 is 22.9 Å². The van der Waals surface area contributed by atoms with Gasteiger partial charge in [-0.25, -0.2) is 8.78 Å². The van der Waals surface area contributed by atoms with Crippen molar-refractivity contribution in [1.29, 1.82) is 0 Å². The molecule has 1 saturated heterocycles. The van der Waals surface area contributed by atoms with E-state index in [0.29, 0.717) is 33.3 Å². The van der Waals surface area contributed by atoms with E-state index in [4.69, 9.17) is 16.3 Å². The van der Waals surface area contributed by atoms with Gasteiger partial charge in [-0.3, -0.25) is 19.3 Å². The van der Waals surface area contributed by atoms with E-state index >= 15 is 0 Å². The zero-order valence-electron chi connectivity index (χ0n) is 21.3. The Hall–Kier alpha value is -2.60. The van der Waals surface area contributed by atoms with E-state index in [-0.39, 0.29) is 42.8 Å². The van der Waals surface area contributed by atoms with Crippen LogP contribution in [0.1, 0.15) is 47.3 Å². The smallest absolute Gasteiger partial charge is 0.265 e. The maximum absolute atomic E-state index is 14.1. The number of benzene rings is 1. The first-order valence-corrected chi connectivity index (χ1v) is 14.4. The molecule has 1 aromatic heterocycles. The summed E-state index contributed by atoms with van der Waals surface area (Å²) in [5.41, 5.74) is -0.0511. The number of ether oxygens (including phenoxy) is 1. The van der Waals surface area contributed by atoms with Crippen molar-refractivity contribution in [1.82, 2.24) is 10.2 Å². The van der Waals surface area contributed by atoms with E-state index in [1.165, 1.54) is 17.0 Å². The zero-order chi connectivity index (χ0) is 27.5. The number of nitrogens with one attached hydrogen (secondary N) is 2. The van der Waals surface area contributed by atoms with Gasteiger partial charge in [-0.15, -0.1) is 11.3 Å². The number of alkyl halides is 2. The minimum absolute atomic E-state index is 0.0152. The summed E-state index contributed by atoms with van der Waals surface area (Å²) < 4.78 is 33.9. The summed E-state index contributed by atoms with van der Waals surface area (Å²) in [6, 6.07) is 6.72. The summed E-state index contributed by atoms with van der Waals surface area (Å²) in [7, 11) is 0. The zero-order valence-corrected chi connectivity index (χ0v) is 22.9. The van der Waals surface area contributed by atoms with Crippen molar-refractivity contribution in [2.24, 2.45) is 11.8 Å². The molecule has 3 fully saturated rings. The molecule has 2 heterocycles. The topological polar surface area (TPSA) is 91.0 Å². The average molecular weight is 581 g/mol. The molecule has 8 nitrogen and oxygen atoms in total. The number of carbonyl (C=O) groups is 3. The van der Waals surface area contributed by atoms with Crippen molar-refractivity contribution < 1.29 is 27.9 Å². The number of nitrogens with zero attached hydrogens (tertiary/aromatic N) is 2. The molecule has 2 saturated carbocycles. The molecule has 3 amide bonds. The Morgan fingerprint density at radius 1 is 1.13 bits per heavy atom. The number of hydrogen-bond donors (Lipinski definition) is 2. The van der Waals surface area contributed by atoms with E-state index in [1.807, 2.05) is 0 Å². The van der Waals surface area contributed by atoms with Crippen LogP contribution in [0.5, 0.6) is 0 Å². The minimum atomic E-state index is -2.87. The second-order valence-electron chi connectivity index (χ2n) is 10.3. The lowest BCUT2D eigenvalue weighted by Crippen LogP contribution is -2.52. The maximum Gasteiger partial charge on any atom is 0.265 e. The largest absolute Gasteiger partial charge is 0.370 e. The van der Waals surface area contributed by atoms with Gasteiger partial charge in [0.25, 0.3) is 18.2 Å². The minimum Gasteiger partial charge on any atom is -0.370 e. The van der Waals surface area contributed by atoms with Crippen LogP contribution in [-0.2, 0) is 14.3 Å². The van der Waals surface area contributed by atoms with Crippen LogP contribution in [0.3, 0.4) is 0 Å². The molecule has 3 aliphatic rings. The summed E-state index contributed by atoms with van der Waals surface area (Å²) in [5.74, 6) is -0.120. The summed E-state index contributed by atoms with van der Waals surface area (Å²) in [6.07, 6.45) is 1.49. The summed E-state index contributed by atoms with van der Waals surface area (Å²) in [4.78, 5) is 42.6. The summed E-state index contributed by atoms with van der Waals surface area (Å²) in [6.45, 7) is 1.94. The maximum atomic E-state index is 14.1. The molecule has 2 N–H and O–H groups in total. The third kappa shape index (κ3) is 7.33. The van der Waals surface area contributed by atoms with Crippen LogP contribution in [0.15, 0.2) is 30.3 Å². The molecule has 1 aliphatic heterocycles. The Balaban J connectivity index is 1.35. The quantitative estimate of drug-likeness (QED) is 0.384. The highest BCUT2D eigenvalue weighted by molar-refractivity contribution is 7.18. The first-order valence-electron chi connectivity index (χ1n) is 13.2. The van der Waals surface area contributed by atoms with Crippen LogP contribution in [0.25, 0.3) is 0 Å². The highest BCUT2D eigenvalue weighted by atomic mass is 35.5. The average Bonchev–Trinajstić information content (AvgIpc) is 3.85. The van der Waals surface area contributed by atoms with E-state index in [2.05, 4.69) is 15.5 Å². The molecule has 2 aliphatic carbocycles. The van der Waals surface area contributed by atoms with Crippen molar-refractivity contribution in [3.63, 3.8) is 0 Å². The highest BCUT2D eigenvalue weighted by Gasteiger charge is 2.36. The third-order valence-electron chi connectivity index (χ3n) is 7.20. The van der Waals surface area contributed by atoms with Gasteiger partial charge in [0, 0.05) is 43.1 Å². The Morgan fingerprint density at radius 2 is 1.85 bits per heavy atom. The lowest BCUT2D eigenvalue weighted by atomic mass is 10.1. The van der Waals surface area contributed by atoms with E-state index < -0.39 is 18.4 Å². The Kier molecular flexibility index (Phi) is 8.80. The molecule has 1 aromatic carbocycles. The van der Waals surface area contributed by atoms with Crippen molar-refractivity contribution in [2.45, 2.75) is 38.2 Å². The summed E-state index contributed by atoms with van der Waals surface area (Å²) >= 11 is 7.12. The molecule has 1 atom stereocenters. The van der Waals surface area contributed by atoms with Gasteiger partial charge in [0.1, 0.15) is 12.6 Å². The van der Waals surface area contributed by atoms with Crippen molar-refractivity contribution in [3.05, 3.63) is 45.1 Å². The van der Waals surface area contributed by atoms with Gasteiger partial charge in [0.2, 0.25) is 5.91 Å². The fraction of sp³-hybridized carbons (Fsp3) is 0.519. The number of morpholine rings is 1. The van der Waals surface area contributed by atoms with Crippen LogP contribution in [0.2, 0.25) is 4.34 Å². The number of thiophene rings is 1. The number of halogens is 3. The first-order chi connectivity index (χ1) is 18.8. The van der Waals surface area contributed by atoms with Crippen LogP contribution < -0.4 is 15.5 Å². The molecule has 0 bridgehead atoms. The monoisotopic (exact) mass is 580 g/mol. The number of carbonyl (C=O) groups excluding carboxylic acids is 3. The number of rotatable bonds is 12. The van der Waals surface area contributed by atoms with E-state index in [0.717, 1.165) is 50.1 Å². The number of hydrogen-bond acceptors (Lipinski definition) is 6. The molecule has 210 valence electrons. The van der Waals surface area contributed by atoms with Gasteiger partial charge >= 0.3 is 0 Å². The molecule has 0 unspecified atom stereocenters. The van der Waals surface area contributed by atoms with Crippen molar-refractivity contribution in [3.8, 4) is 0 Å². The molecule has 0 spiro atoms. The van der Waals surface area contributed by atoms with Crippen molar-refractivity contribution in [2.75, 3.05) is 49.6 Å². The van der Waals surface area contributed by atoms with Crippen LogP contribution in [0.4, 0.5) is 20.2 Å². The van der Waals surface area contributed by atoms with E-state index in [1.54, 1.807) is 18.2 Å². The number of anilines is 2. The highest BCUT2D eigenvalue weighted by Crippen LogP contribution is 2.36. The Bertz CT molecular complexity index is 1210. The molecular formula is C27H31ClF2N4O4S. The molecule has 39 heavy (non-hydrogen) atoms. The molecular weight excluding hydrogens is 550 g/mol. The normalized spacial score (nSPS) is 18.5. The fourth-order valence-corrected chi connectivity index (χ4v) is 5.67. The second-order valence-corrected chi connectivity index (χ2v) is 12.0. The molecule has 2 aromatic rings. The standard InChI is InChI=1S/C27H31ClF2N4O4S/c28-23-8-7-22(39-23)27(37)31-12-21(33(13-16-1-2-16)14-17-3-4-17)26(36)32-20-6-5-18(11-19(20)25(29)30)34-9-10-38-15-24(34)35/h5-8,11,16-17,21,25H,1-4,9-10,12-15H2,(H,31,37)(H,32,36)/t21-/m0/s1. The Labute approximate surface area is 234 Å². The lowest BCUT2D eigenvalue weighted by molar-refractivity contribution is -0.125. The van der Waals surface area contributed by atoms with Crippen LogP contribution in [-0.4, -0.2) is 68.1 Å². The van der Waals surface area contributed by atoms with Gasteiger partial charge in [-0.05, 0) is 67.9 Å². The molecule has 0 radical (unpaired) electrons. The lowest BCUT2D eigenvalue weighted by Gasteiger charge is -2.31. The predicted octanol–water partition coefficient (Wildman–Crippen LogP) is 4.56. The van der Waals surface area contributed by atoms with Gasteiger partial charge in [-0.1, -0.05) is 11.6 Å². The molecule has 5 rings (SSSR count). The van der Waals surface area contributed by atoms with Crippen molar-refractivity contribution >= 4 is 52.0 Å².